The zero-order valence-corrected chi connectivity index (χ0v) is 14.8. The van der Waals surface area contributed by atoms with E-state index in [9.17, 15) is 29.7 Å². The van der Waals surface area contributed by atoms with Gasteiger partial charge < -0.3 is 35.5 Å². The Labute approximate surface area is 155 Å². The van der Waals surface area contributed by atoms with Gasteiger partial charge in [0.2, 0.25) is 0 Å². The third-order valence-corrected chi connectivity index (χ3v) is 4.33. The molecule has 0 saturated heterocycles. The fraction of sp³-hybridized carbons (Fsp3) is 0.389. The van der Waals surface area contributed by atoms with Gasteiger partial charge in [-0.25, -0.2) is 0 Å². The Hall–Kier alpha value is -2.59. The molecule has 27 heavy (non-hydrogen) atoms. The molecule has 0 aliphatic heterocycles. The number of benzene rings is 1. The van der Waals surface area contributed by atoms with Crippen LogP contribution in [0, 0.1) is 6.92 Å². The summed E-state index contributed by atoms with van der Waals surface area (Å²) in [6.07, 6.45) is -5.17. The van der Waals surface area contributed by atoms with Crippen molar-refractivity contribution in [1.82, 2.24) is 4.98 Å². The van der Waals surface area contributed by atoms with Gasteiger partial charge >= 0.3 is 0 Å². The van der Waals surface area contributed by atoms with Crippen LogP contribution >= 0.6 is 0 Å². The molecule has 9 nitrogen and oxygen atoms in total. The molecule has 0 saturated carbocycles. The van der Waals surface area contributed by atoms with Gasteiger partial charge in [0.1, 0.15) is 30.6 Å². The van der Waals surface area contributed by atoms with E-state index in [4.69, 9.17) is 6.52 Å². The summed E-state index contributed by atoms with van der Waals surface area (Å²) in [5, 5.41) is 39.4. The normalized spacial score (nSPS) is 16.3. The van der Waals surface area contributed by atoms with Crippen molar-refractivity contribution < 1.29 is 31.4 Å². The van der Waals surface area contributed by atoms with Crippen LogP contribution in [-0.2, 0) is 4.79 Å². The van der Waals surface area contributed by atoms with Crippen molar-refractivity contribution >= 4 is 28.7 Å². The maximum atomic E-state index is 12.2. The van der Waals surface area contributed by atoms with Gasteiger partial charge in [0, 0.05) is 11.1 Å². The zero-order valence-electron chi connectivity index (χ0n) is 15.8. The maximum Gasteiger partial charge on any atom is 0.259 e. The highest BCUT2D eigenvalue weighted by molar-refractivity contribution is 6.00. The van der Waals surface area contributed by atoms with Crippen LogP contribution in [0.1, 0.15) is 22.8 Å². The Morgan fingerprint density at radius 2 is 2.00 bits per heavy atom. The summed E-state index contributed by atoms with van der Waals surface area (Å²) in [6.45, 7) is 2.07. The maximum absolute atomic E-state index is 12.2. The summed E-state index contributed by atoms with van der Waals surface area (Å²) in [6, 6.07) is 2.83. The number of fused-ring (bicyclic) bond motifs is 1. The van der Waals surface area contributed by atoms with Crippen LogP contribution in [0.3, 0.4) is 0 Å². The Bertz CT molecular complexity index is 945. The number of anilines is 1. The van der Waals surface area contributed by atoms with Crippen molar-refractivity contribution in [3.05, 3.63) is 39.7 Å². The second-order valence-electron chi connectivity index (χ2n) is 6.23. The zero-order chi connectivity index (χ0) is 21.2. The number of aromatic nitrogens is 1. The average Bonchev–Trinajstić information content (AvgIpc) is 2.66. The first kappa shape index (κ1) is 19.2. The topological polar surface area (TPSA) is 160 Å². The van der Waals surface area contributed by atoms with Crippen molar-refractivity contribution in [1.29, 1.82) is 0 Å². The number of aliphatic hydroxyl groups excluding tert-OH is 4. The quantitative estimate of drug-likeness (QED) is 0.254. The van der Waals surface area contributed by atoms with E-state index in [0.717, 1.165) is 0 Å². The summed E-state index contributed by atoms with van der Waals surface area (Å²) in [5.41, 5.74) is 0.352. The lowest BCUT2D eigenvalue weighted by molar-refractivity contribution is -0.117. The Kier molecular flexibility index (Phi) is 5.97. The lowest BCUT2D eigenvalue weighted by Gasteiger charge is -2.27. The second-order valence-corrected chi connectivity index (χ2v) is 6.23. The molecule has 0 radical (unpaired) electrons. The van der Waals surface area contributed by atoms with Gasteiger partial charge in [-0.2, -0.15) is 0 Å². The van der Waals surface area contributed by atoms with Crippen LogP contribution in [0.5, 0.6) is 0 Å². The van der Waals surface area contributed by atoms with E-state index in [2.05, 4.69) is 4.98 Å². The molecule has 0 amide bonds. The molecule has 0 aliphatic carbocycles. The molecule has 2 rings (SSSR count). The number of aromatic amines is 1. The Balaban J connectivity index is 2.46. The highest BCUT2D eigenvalue weighted by Crippen LogP contribution is 2.22. The van der Waals surface area contributed by atoms with E-state index in [-0.39, 0.29) is 23.3 Å². The minimum atomic E-state index is -1.85. The van der Waals surface area contributed by atoms with Gasteiger partial charge in [-0.3, -0.25) is 9.59 Å². The predicted octanol–water partition coefficient (Wildman–Crippen LogP) is -0.906. The number of aryl methyl sites for hydroxylation is 1. The van der Waals surface area contributed by atoms with Gasteiger partial charge in [0.25, 0.3) is 5.56 Å². The number of nitrogens with one attached hydrogen (secondary N) is 2. The fourth-order valence-corrected chi connectivity index (χ4v) is 2.85. The van der Waals surface area contributed by atoms with Crippen LogP contribution in [-0.4, -0.2) is 68.4 Å². The molecule has 1 heterocycles. The van der Waals surface area contributed by atoms with Gasteiger partial charge in [-0.15, -0.1) is 0 Å². The third kappa shape index (κ3) is 4.22. The number of rotatable bonds is 8. The van der Waals surface area contributed by atoms with Gasteiger partial charge in [-0.05, 0) is 31.5 Å². The number of hydrogen-bond acceptors (Lipinski definition) is 8. The molecule has 1 aromatic carbocycles. The van der Waals surface area contributed by atoms with Gasteiger partial charge in [-0.1, -0.05) is 6.07 Å². The van der Waals surface area contributed by atoms with Crippen molar-refractivity contribution in [3.63, 3.8) is 0 Å². The van der Waals surface area contributed by atoms with Crippen LogP contribution in [0.25, 0.3) is 10.9 Å². The number of aldehydes is 1. The molecular weight excluding hydrogens is 356 g/mol. The molecule has 9 heteroatoms. The first-order valence-corrected chi connectivity index (χ1v) is 8.20. The number of carbonyl (C=O) groups excluding carboxylic acids is 2. The summed E-state index contributed by atoms with van der Waals surface area (Å²) in [5.74, 6) is -0.382. The van der Waals surface area contributed by atoms with E-state index in [1.165, 1.54) is 19.1 Å². The number of aliphatic hydroxyl groups is 4. The van der Waals surface area contributed by atoms with Gasteiger partial charge in [0.05, 0.1) is 17.7 Å². The van der Waals surface area contributed by atoms with Crippen molar-refractivity contribution in [3.8, 4) is 0 Å². The largest absolute Gasteiger partial charge is 0.394 e. The van der Waals surface area contributed by atoms with Crippen LogP contribution in [0.2, 0.25) is 1.41 Å². The molecule has 0 unspecified atom stereocenters. The standard InChI is InChI=1S/C18H22N2O7/c1-8-11-4-3-10(5-12(11)20-18(27)15(8)9(2)23)19-13(6-21)16(25)17(26)14(24)7-22/h3-6,13-14,16-17,19,22,24-26H,7H2,1-2H3,(H,20,27)/t13-,14+,16+,17+/m0/s1/i/hD. The molecule has 4 atom stereocenters. The molecule has 0 aliphatic rings. The van der Waals surface area contributed by atoms with Crippen LogP contribution in [0.15, 0.2) is 23.0 Å². The second kappa shape index (κ2) is 8.40. The lowest BCUT2D eigenvalue weighted by atomic mass is 10.0. The van der Waals surface area contributed by atoms with E-state index < -0.39 is 36.5 Å². The third-order valence-electron chi connectivity index (χ3n) is 4.33. The number of pyridine rings is 1. The van der Waals surface area contributed by atoms with Crippen molar-refractivity contribution in [2.45, 2.75) is 38.2 Å². The van der Waals surface area contributed by atoms with E-state index in [0.29, 0.717) is 21.8 Å². The monoisotopic (exact) mass is 379 g/mol. The number of H-pyrrole nitrogens is 1. The minimum absolute atomic E-state index is 0.0327. The minimum Gasteiger partial charge on any atom is -0.394 e. The van der Waals surface area contributed by atoms with E-state index in [1.807, 2.05) is 0 Å². The molecule has 1 aromatic heterocycles. The first-order valence-electron chi connectivity index (χ1n) is 8.64. The number of ketones is 1. The average molecular weight is 379 g/mol. The van der Waals surface area contributed by atoms with Crippen LogP contribution < -0.4 is 10.9 Å². The first-order chi connectivity index (χ1) is 13.1. The molecular formula is C18H22N2O7. The highest BCUT2D eigenvalue weighted by Gasteiger charge is 2.31. The summed E-state index contributed by atoms with van der Waals surface area (Å²) >= 11 is 0. The Morgan fingerprint density at radius 1 is 1.33 bits per heavy atom. The molecule has 0 fully saturated rings. The molecule has 6 N–H and O–H groups in total. The van der Waals surface area contributed by atoms with Crippen molar-refractivity contribution in [2.24, 2.45) is 0 Å². The molecule has 0 bridgehead atoms. The molecule has 0 spiro atoms. The lowest BCUT2D eigenvalue weighted by Crippen LogP contribution is -2.49. The van der Waals surface area contributed by atoms with Crippen molar-refractivity contribution in [2.75, 3.05) is 11.9 Å². The summed E-state index contributed by atoms with van der Waals surface area (Å²) in [4.78, 5) is 37.8. The summed E-state index contributed by atoms with van der Waals surface area (Å²) in [7, 11) is 0. The van der Waals surface area contributed by atoms with Crippen LogP contribution in [0.4, 0.5) is 5.69 Å². The summed E-state index contributed by atoms with van der Waals surface area (Å²) < 4.78 is 8.13. The van der Waals surface area contributed by atoms with E-state index in [1.54, 1.807) is 13.0 Å². The smallest absolute Gasteiger partial charge is 0.259 e. The Morgan fingerprint density at radius 3 is 2.56 bits per heavy atom. The predicted molar refractivity (Wildman–Crippen MR) is 97.9 cm³/mol. The number of Topliss-reactive ketones (excluding diaryl/α,β-unsaturated/α-hetero) is 1. The van der Waals surface area contributed by atoms with Gasteiger partial charge in [0.15, 0.2) is 7.20 Å². The molecule has 146 valence electrons. The number of hydrogen-bond donors (Lipinski definition) is 6. The fourth-order valence-electron chi connectivity index (χ4n) is 2.85. The number of carbonyl (C=O) groups is 2. The molecule has 2 aromatic rings. The highest BCUT2D eigenvalue weighted by atomic mass is 16.4. The van der Waals surface area contributed by atoms with E-state index >= 15 is 0 Å². The SMILES string of the molecule is [2H]N(c1ccc2c(C)c(C(C)=O)c(=O)[nH]c2c1)[C@@H](C=O)[C@@H](O)[C@H](O)[C@H](O)CO.